The molecule has 5 N–H and O–H groups in total. The monoisotopic (exact) mass is 776 g/mol. The maximum atomic E-state index is 13.4. The van der Waals surface area contributed by atoms with Crippen molar-refractivity contribution in [3.8, 4) is 6.07 Å². The third-order valence-electron chi connectivity index (χ3n) is 9.35. The molecule has 3 aromatic heterocycles. The fourth-order valence-corrected chi connectivity index (χ4v) is 6.29. The molecule has 57 heavy (non-hydrogen) atoms. The first-order chi connectivity index (χ1) is 26.8. The molecule has 3 heterocycles. The predicted octanol–water partition coefficient (Wildman–Crippen LogP) is 9.49. The van der Waals surface area contributed by atoms with Crippen LogP contribution in [0.3, 0.4) is 0 Å². The maximum absolute atomic E-state index is 13.4. The van der Waals surface area contributed by atoms with E-state index >= 15 is 0 Å². The molecule has 2 amide bonds. The molecule has 0 aliphatic rings. The number of nitrogens with zero attached hydrogens (tertiary/aromatic N) is 1. The zero-order valence-corrected chi connectivity index (χ0v) is 31.3. The van der Waals surface area contributed by atoms with Gasteiger partial charge in [-0.05, 0) is 94.6 Å². The molecule has 0 radical (unpaired) electrons. The quantitative estimate of drug-likeness (QED) is 0.110. The van der Waals surface area contributed by atoms with Crippen LogP contribution in [-0.2, 0) is 11.6 Å². The third-order valence-corrected chi connectivity index (χ3v) is 9.35. The number of hydrogen-bond donors (Lipinski definition) is 5. The SMILES string of the molecule is CC(C)(C)c1cc2cc[nH]c2cc1NC(=O)c1c[nH]c2cc(C#N)ccc2c1=O.CC(C)c1ccc(NC(=O)c2c[nH]c3ccc(F)cc3c2=O)c(C(F)(F)F)c1. The van der Waals surface area contributed by atoms with Crippen molar-refractivity contribution in [2.75, 3.05) is 10.6 Å². The number of hydrogen-bond acceptors (Lipinski definition) is 5. The van der Waals surface area contributed by atoms with Gasteiger partial charge in [0.1, 0.15) is 16.9 Å². The maximum Gasteiger partial charge on any atom is 0.418 e. The van der Waals surface area contributed by atoms with Crippen molar-refractivity contribution in [3.63, 3.8) is 0 Å². The van der Waals surface area contributed by atoms with Gasteiger partial charge in [-0.1, -0.05) is 40.7 Å². The molecule has 0 saturated heterocycles. The molecular formula is C43H36F4N6O4. The molecule has 0 aliphatic carbocycles. The molecule has 10 nitrogen and oxygen atoms in total. The van der Waals surface area contributed by atoms with Gasteiger partial charge >= 0.3 is 6.18 Å². The summed E-state index contributed by atoms with van der Waals surface area (Å²) in [5.41, 5.74) is 1.08. The summed E-state index contributed by atoms with van der Waals surface area (Å²) in [5, 5.41) is 15.4. The van der Waals surface area contributed by atoms with E-state index in [1.807, 2.05) is 24.4 Å². The average Bonchev–Trinajstić information content (AvgIpc) is 3.62. The van der Waals surface area contributed by atoms with Crippen molar-refractivity contribution in [2.24, 2.45) is 0 Å². The van der Waals surface area contributed by atoms with E-state index in [2.05, 4.69) is 52.4 Å². The highest BCUT2D eigenvalue weighted by Gasteiger charge is 2.35. The lowest BCUT2D eigenvalue weighted by molar-refractivity contribution is -0.137. The molecule has 0 unspecified atom stereocenters. The Hall–Kier alpha value is -7.01. The molecule has 0 atom stereocenters. The summed E-state index contributed by atoms with van der Waals surface area (Å²) in [6.45, 7) is 9.73. The molecule has 4 aromatic carbocycles. The van der Waals surface area contributed by atoms with E-state index in [1.54, 1.807) is 32.0 Å². The van der Waals surface area contributed by atoms with Crippen molar-refractivity contribution in [3.05, 3.63) is 151 Å². The lowest BCUT2D eigenvalue weighted by Gasteiger charge is -2.23. The van der Waals surface area contributed by atoms with Gasteiger partial charge in [0.15, 0.2) is 0 Å². The van der Waals surface area contributed by atoms with Crippen molar-refractivity contribution in [1.82, 2.24) is 15.0 Å². The average molecular weight is 777 g/mol. The number of carbonyl (C=O) groups is 2. The van der Waals surface area contributed by atoms with Crippen molar-refractivity contribution < 1.29 is 27.2 Å². The van der Waals surface area contributed by atoms with Gasteiger partial charge in [-0.3, -0.25) is 19.2 Å². The number of nitrogens with one attached hydrogen (secondary N) is 5. The lowest BCUT2D eigenvalue weighted by Crippen LogP contribution is -2.24. The number of carbonyl (C=O) groups excluding carboxylic acids is 2. The Morgan fingerprint density at radius 1 is 0.702 bits per heavy atom. The Bertz CT molecular complexity index is 2880. The van der Waals surface area contributed by atoms with E-state index in [1.165, 1.54) is 18.3 Å². The van der Waals surface area contributed by atoms with Gasteiger partial charge in [0.2, 0.25) is 10.9 Å². The number of alkyl halides is 3. The summed E-state index contributed by atoms with van der Waals surface area (Å²) in [4.78, 5) is 59.5. The van der Waals surface area contributed by atoms with Crippen molar-refractivity contribution in [2.45, 2.75) is 52.1 Å². The van der Waals surface area contributed by atoms with Crippen LogP contribution in [0.5, 0.6) is 0 Å². The lowest BCUT2D eigenvalue weighted by atomic mass is 9.85. The highest BCUT2D eigenvalue weighted by atomic mass is 19.4. The van der Waals surface area contributed by atoms with Gasteiger partial charge in [-0.25, -0.2) is 4.39 Å². The van der Waals surface area contributed by atoms with E-state index in [0.717, 1.165) is 46.9 Å². The van der Waals surface area contributed by atoms with E-state index in [0.29, 0.717) is 33.2 Å². The number of fused-ring (bicyclic) bond motifs is 3. The summed E-state index contributed by atoms with van der Waals surface area (Å²) in [7, 11) is 0. The number of benzene rings is 4. The molecule has 7 aromatic rings. The third kappa shape index (κ3) is 8.33. The van der Waals surface area contributed by atoms with Crippen LogP contribution in [0.4, 0.5) is 28.9 Å². The number of aromatic nitrogens is 3. The van der Waals surface area contributed by atoms with Crippen molar-refractivity contribution in [1.29, 1.82) is 5.26 Å². The molecular weight excluding hydrogens is 741 g/mol. The van der Waals surface area contributed by atoms with Crippen LogP contribution in [0.2, 0.25) is 0 Å². The minimum absolute atomic E-state index is 0.0219. The highest BCUT2D eigenvalue weighted by Crippen LogP contribution is 2.37. The molecule has 0 aliphatic heterocycles. The van der Waals surface area contributed by atoms with Gasteiger partial charge in [-0.15, -0.1) is 0 Å². The number of amides is 2. The molecule has 0 saturated carbocycles. The normalized spacial score (nSPS) is 11.7. The number of rotatable bonds is 5. The van der Waals surface area contributed by atoms with Crippen LogP contribution in [-0.4, -0.2) is 26.8 Å². The summed E-state index contributed by atoms with van der Waals surface area (Å²) in [5.74, 6) is -2.30. The second-order valence-electron chi connectivity index (χ2n) is 14.7. The van der Waals surface area contributed by atoms with Crippen LogP contribution < -0.4 is 21.5 Å². The summed E-state index contributed by atoms with van der Waals surface area (Å²) in [6, 6.07) is 19.7. The molecule has 0 fully saturated rings. The van der Waals surface area contributed by atoms with Gasteiger partial charge in [0.05, 0.1) is 28.4 Å². The molecule has 14 heteroatoms. The standard InChI is InChI=1S/C23H20N4O2.C20H16F4N2O2/c1-23(2,3)17-9-14-6-7-25-18(14)10-20(17)27-22(29)16-12-26-19-8-13(11-24)4-5-15(19)21(16)28;1-10(2)11-3-5-17(15(7-11)20(22,23)24)26-19(28)14-9-25-16-6-4-12(21)8-13(16)18(14)27/h4-10,12,25H,1-3H3,(H,26,28)(H,27,29);3-10H,1-2H3,(H,25,27)(H,26,28). The molecule has 0 bridgehead atoms. The first-order valence-electron chi connectivity index (χ1n) is 17.7. The minimum atomic E-state index is -4.69. The van der Waals surface area contributed by atoms with E-state index in [9.17, 15) is 36.7 Å². The fraction of sp³-hybridized carbons (Fsp3) is 0.186. The number of halogens is 4. The summed E-state index contributed by atoms with van der Waals surface area (Å²) in [6.07, 6.45) is -0.350. The Kier molecular flexibility index (Phi) is 10.6. The second kappa shape index (κ2) is 15.3. The summed E-state index contributed by atoms with van der Waals surface area (Å²) >= 11 is 0. The Balaban J connectivity index is 0.000000193. The number of anilines is 2. The Labute approximate surface area is 322 Å². The number of nitriles is 1. The van der Waals surface area contributed by atoms with Crippen LogP contribution in [0.25, 0.3) is 32.7 Å². The fourth-order valence-electron chi connectivity index (χ4n) is 6.29. The van der Waals surface area contributed by atoms with Crippen LogP contribution >= 0.6 is 0 Å². The highest BCUT2D eigenvalue weighted by molar-refractivity contribution is 6.07. The number of aromatic amines is 3. The smallest absolute Gasteiger partial charge is 0.361 e. The Morgan fingerprint density at radius 3 is 1.98 bits per heavy atom. The second-order valence-corrected chi connectivity index (χ2v) is 14.7. The van der Waals surface area contributed by atoms with E-state index in [4.69, 9.17) is 5.26 Å². The minimum Gasteiger partial charge on any atom is -0.361 e. The van der Waals surface area contributed by atoms with E-state index in [-0.39, 0.29) is 27.7 Å². The number of pyridine rings is 2. The van der Waals surface area contributed by atoms with Crippen LogP contribution in [0, 0.1) is 17.1 Å². The zero-order chi connectivity index (χ0) is 41.4. The van der Waals surface area contributed by atoms with Crippen LogP contribution in [0.15, 0.2) is 101 Å². The first kappa shape index (κ1) is 39.7. The van der Waals surface area contributed by atoms with Gasteiger partial charge in [0.25, 0.3) is 11.8 Å². The van der Waals surface area contributed by atoms with Gasteiger partial charge in [0, 0.05) is 46.1 Å². The molecule has 0 spiro atoms. The van der Waals surface area contributed by atoms with Crippen molar-refractivity contribution >= 4 is 55.9 Å². The first-order valence-corrected chi connectivity index (χ1v) is 17.7. The molecule has 290 valence electrons. The van der Waals surface area contributed by atoms with Gasteiger partial charge < -0.3 is 25.6 Å². The topological polar surface area (TPSA) is 163 Å². The molecule has 7 rings (SSSR count). The zero-order valence-electron chi connectivity index (χ0n) is 31.3. The number of H-pyrrole nitrogens is 3. The van der Waals surface area contributed by atoms with Gasteiger partial charge in [-0.2, -0.15) is 18.4 Å². The predicted molar refractivity (Wildman–Crippen MR) is 212 cm³/mol. The largest absolute Gasteiger partial charge is 0.418 e. The van der Waals surface area contributed by atoms with Crippen LogP contribution in [0.1, 0.15) is 83.5 Å². The Morgan fingerprint density at radius 2 is 1.35 bits per heavy atom. The summed E-state index contributed by atoms with van der Waals surface area (Å²) < 4.78 is 53.7. The van der Waals surface area contributed by atoms with E-state index < -0.39 is 46.1 Å².